The van der Waals surface area contributed by atoms with Crippen LogP contribution in [0.15, 0.2) is 18.2 Å². The van der Waals surface area contributed by atoms with Crippen molar-refractivity contribution in [2.24, 2.45) is 11.8 Å². The summed E-state index contributed by atoms with van der Waals surface area (Å²) in [5, 5.41) is 9.47. The van der Waals surface area contributed by atoms with Crippen LogP contribution in [0, 0.1) is 25.7 Å². The van der Waals surface area contributed by atoms with Gasteiger partial charge in [-0.1, -0.05) is 37.1 Å². The molecular weight excluding hydrogens is 236 g/mol. The third kappa shape index (κ3) is 2.99. The molecule has 1 fully saturated rings. The highest BCUT2D eigenvalue weighted by atomic mass is 16.4. The van der Waals surface area contributed by atoms with Crippen LogP contribution in [-0.4, -0.2) is 11.1 Å². The Kier molecular flexibility index (Phi) is 4.28. The first-order valence-corrected chi connectivity index (χ1v) is 7.32. The summed E-state index contributed by atoms with van der Waals surface area (Å²) >= 11 is 0. The topological polar surface area (TPSA) is 37.3 Å². The number of carboxylic acid groups (broad SMARTS) is 1. The number of hydrogen-bond donors (Lipinski definition) is 1. The lowest BCUT2D eigenvalue weighted by molar-refractivity contribution is -0.143. The molecule has 0 amide bonds. The summed E-state index contributed by atoms with van der Waals surface area (Å²) in [6.45, 7) is 6.41. The van der Waals surface area contributed by atoms with E-state index in [-0.39, 0.29) is 11.8 Å². The van der Waals surface area contributed by atoms with Gasteiger partial charge in [0.15, 0.2) is 0 Å². The van der Waals surface area contributed by atoms with Crippen LogP contribution in [0.2, 0.25) is 0 Å². The van der Waals surface area contributed by atoms with Gasteiger partial charge in [-0.05, 0) is 56.1 Å². The van der Waals surface area contributed by atoms with Crippen LogP contribution >= 0.6 is 0 Å². The first-order valence-electron chi connectivity index (χ1n) is 7.32. The third-order valence-corrected chi connectivity index (χ3v) is 4.68. The quantitative estimate of drug-likeness (QED) is 0.879. The number of rotatable bonds is 3. The number of carboxylic acids is 1. The van der Waals surface area contributed by atoms with Crippen LogP contribution in [0.4, 0.5) is 0 Å². The minimum Gasteiger partial charge on any atom is -0.481 e. The van der Waals surface area contributed by atoms with Gasteiger partial charge in [-0.2, -0.15) is 0 Å². The molecule has 0 bridgehead atoms. The second kappa shape index (κ2) is 5.77. The monoisotopic (exact) mass is 260 g/mol. The Morgan fingerprint density at radius 3 is 2.63 bits per heavy atom. The number of hydrogen-bond acceptors (Lipinski definition) is 1. The Bertz CT molecular complexity index is 464. The molecule has 1 aromatic rings. The van der Waals surface area contributed by atoms with Gasteiger partial charge >= 0.3 is 5.97 Å². The van der Waals surface area contributed by atoms with Crippen molar-refractivity contribution < 1.29 is 9.90 Å². The fraction of sp³-hybridized carbons (Fsp3) is 0.588. The second-order valence-electron chi connectivity index (χ2n) is 6.00. The fourth-order valence-corrected chi connectivity index (χ4v) is 3.51. The van der Waals surface area contributed by atoms with Gasteiger partial charge in [0, 0.05) is 0 Å². The van der Waals surface area contributed by atoms with E-state index in [2.05, 4.69) is 39.0 Å². The van der Waals surface area contributed by atoms with E-state index >= 15 is 0 Å². The molecule has 1 saturated carbocycles. The normalized spacial score (nSPS) is 27.2. The highest BCUT2D eigenvalue weighted by molar-refractivity contribution is 5.71. The number of carbonyl (C=O) groups is 1. The molecule has 2 rings (SSSR count). The standard InChI is InChI=1S/C17H24O2/c1-4-13-6-8-15(17(18)19)16(10-13)14-7-5-11(2)9-12(14)3/h5,7,9,13,15-16H,4,6,8,10H2,1-3H3,(H,18,19). The highest BCUT2D eigenvalue weighted by Crippen LogP contribution is 2.42. The van der Waals surface area contributed by atoms with Crippen molar-refractivity contribution >= 4 is 5.97 Å². The summed E-state index contributed by atoms with van der Waals surface area (Å²) in [5.41, 5.74) is 3.74. The van der Waals surface area contributed by atoms with E-state index < -0.39 is 5.97 Å². The van der Waals surface area contributed by atoms with Gasteiger partial charge in [-0.3, -0.25) is 4.79 Å². The van der Waals surface area contributed by atoms with Gasteiger partial charge in [-0.25, -0.2) is 0 Å². The number of aliphatic carboxylic acids is 1. The summed E-state index contributed by atoms with van der Waals surface area (Å²) in [4.78, 5) is 11.5. The molecule has 0 heterocycles. The van der Waals surface area contributed by atoms with Gasteiger partial charge in [0.2, 0.25) is 0 Å². The van der Waals surface area contributed by atoms with Gasteiger partial charge in [0.05, 0.1) is 5.92 Å². The average molecular weight is 260 g/mol. The molecule has 0 aromatic heterocycles. The van der Waals surface area contributed by atoms with Crippen LogP contribution in [0.1, 0.15) is 55.2 Å². The van der Waals surface area contributed by atoms with Crippen molar-refractivity contribution in [2.45, 2.75) is 52.4 Å². The van der Waals surface area contributed by atoms with Crippen molar-refractivity contribution in [3.05, 3.63) is 34.9 Å². The molecule has 0 spiro atoms. The molecule has 0 aliphatic heterocycles. The SMILES string of the molecule is CCC1CCC(C(=O)O)C(c2ccc(C)cc2C)C1. The third-order valence-electron chi connectivity index (χ3n) is 4.68. The van der Waals surface area contributed by atoms with Gasteiger partial charge in [0.1, 0.15) is 0 Å². The average Bonchev–Trinajstić information content (AvgIpc) is 2.38. The van der Waals surface area contributed by atoms with Crippen molar-refractivity contribution in [3.8, 4) is 0 Å². The first kappa shape index (κ1) is 14.1. The van der Waals surface area contributed by atoms with Gasteiger partial charge < -0.3 is 5.11 Å². The number of benzene rings is 1. The maximum Gasteiger partial charge on any atom is 0.307 e. The Morgan fingerprint density at radius 2 is 2.05 bits per heavy atom. The van der Waals surface area contributed by atoms with E-state index in [1.54, 1.807) is 0 Å². The molecule has 2 nitrogen and oxygen atoms in total. The highest BCUT2D eigenvalue weighted by Gasteiger charge is 2.35. The lowest BCUT2D eigenvalue weighted by atomic mass is 9.69. The zero-order valence-corrected chi connectivity index (χ0v) is 12.1. The maximum atomic E-state index is 11.5. The van der Waals surface area contributed by atoms with E-state index in [1.165, 1.54) is 16.7 Å². The van der Waals surface area contributed by atoms with E-state index in [9.17, 15) is 9.90 Å². The molecule has 0 radical (unpaired) electrons. The molecule has 104 valence electrons. The molecule has 1 aromatic carbocycles. The molecule has 3 unspecified atom stereocenters. The van der Waals surface area contributed by atoms with Crippen LogP contribution in [0.5, 0.6) is 0 Å². The van der Waals surface area contributed by atoms with Crippen molar-refractivity contribution in [2.75, 3.05) is 0 Å². The zero-order valence-electron chi connectivity index (χ0n) is 12.1. The van der Waals surface area contributed by atoms with Gasteiger partial charge in [0.25, 0.3) is 0 Å². The predicted octanol–water partition coefficient (Wildman–Crippen LogP) is 4.30. The van der Waals surface area contributed by atoms with Gasteiger partial charge in [-0.15, -0.1) is 0 Å². The summed E-state index contributed by atoms with van der Waals surface area (Å²) in [6, 6.07) is 6.42. The second-order valence-corrected chi connectivity index (χ2v) is 6.00. The van der Waals surface area contributed by atoms with Crippen LogP contribution < -0.4 is 0 Å². The smallest absolute Gasteiger partial charge is 0.307 e. The largest absolute Gasteiger partial charge is 0.481 e. The maximum absolute atomic E-state index is 11.5. The molecule has 19 heavy (non-hydrogen) atoms. The lowest BCUT2D eigenvalue weighted by Crippen LogP contribution is -2.29. The first-order chi connectivity index (χ1) is 9.02. The van der Waals surface area contributed by atoms with E-state index in [0.29, 0.717) is 5.92 Å². The van der Waals surface area contributed by atoms with Crippen molar-refractivity contribution in [3.63, 3.8) is 0 Å². The number of aryl methyl sites for hydroxylation is 2. The summed E-state index contributed by atoms with van der Waals surface area (Å²) in [6.07, 6.45) is 4.08. The van der Waals surface area contributed by atoms with E-state index in [0.717, 1.165) is 25.7 Å². The Morgan fingerprint density at radius 1 is 1.32 bits per heavy atom. The van der Waals surface area contributed by atoms with Crippen molar-refractivity contribution in [1.29, 1.82) is 0 Å². The Hall–Kier alpha value is -1.31. The van der Waals surface area contributed by atoms with E-state index in [1.807, 2.05) is 0 Å². The molecule has 1 aliphatic rings. The van der Waals surface area contributed by atoms with Crippen LogP contribution in [0.3, 0.4) is 0 Å². The molecular formula is C17H24O2. The molecule has 3 atom stereocenters. The summed E-state index contributed by atoms with van der Waals surface area (Å²) < 4.78 is 0. The minimum absolute atomic E-state index is 0.191. The minimum atomic E-state index is -0.625. The molecule has 1 aliphatic carbocycles. The predicted molar refractivity (Wildman–Crippen MR) is 77.4 cm³/mol. The summed E-state index contributed by atoms with van der Waals surface area (Å²) in [7, 11) is 0. The Balaban J connectivity index is 2.33. The van der Waals surface area contributed by atoms with Crippen LogP contribution in [0.25, 0.3) is 0 Å². The summed E-state index contributed by atoms with van der Waals surface area (Å²) in [5.74, 6) is 0.0434. The molecule has 1 N–H and O–H groups in total. The fourth-order valence-electron chi connectivity index (χ4n) is 3.51. The van der Waals surface area contributed by atoms with E-state index in [4.69, 9.17) is 0 Å². The molecule has 0 saturated heterocycles. The zero-order chi connectivity index (χ0) is 14.0. The Labute approximate surface area is 115 Å². The molecule has 2 heteroatoms. The van der Waals surface area contributed by atoms with Crippen molar-refractivity contribution in [1.82, 2.24) is 0 Å². The lowest BCUT2D eigenvalue weighted by Gasteiger charge is -2.34. The van der Waals surface area contributed by atoms with Crippen LogP contribution in [-0.2, 0) is 4.79 Å².